The van der Waals surface area contributed by atoms with Crippen molar-refractivity contribution in [1.82, 2.24) is 20.3 Å². The molecule has 2 aromatic rings. The molecule has 0 bridgehead atoms. The van der Waals surface area contributed by atoms with Crippen molar-refractivity contribution in [2.75, 3.05) is 36.9 Å². The van der Waals surface area contributed by atoms with Crippen LogP contribution in [0.15, 0.2) is 18.5 Å². The Morgan fingerprint density at radius 1 is 1.33 bits per heavy atom. The second kappa shape index (κ2) is 10.3. The van der Waals surface area contributed by atoms with Gasteiger partial charge >= 0.3 is 0 Å². The molecule has 178 valence electrons. The molecule has 2 aliphatic rings. The summed E-state index contributed by atoms with van der Waals surface area (Å²) in [5, 5.41) is 9.52. The molecule has 2 unspecified atom stereocenters. The van der Waals surface area contributed by atoms with Gasteiger partial charge in [-0.05, 0) is 58.1 Å². The van der Waals surface area contributed by atoms with E-state index in [1.165, 1.54) is 12.4 Å². The van der Waals surface area contributed by atoms with Crippen molar-refractivity contribution in [1.29, 1.82) is 0 Å². The molecule has 10 heteroatoms. The molecule has 0 aromatic carbocycles. The van der Waals surface area contributed by atoms with Crippen LogP contribution in [0.25, 0.3) is 11.3 Å². The summed E-state index contributed by atoms with van der Waals surface area (Å²) in [5.74, 6) is -0.0717. The fraction of sp³-hybridized carbons (Fsp3) is 0.565. The van der Waals surface area contributed by atoms with Gasteiger partial charge in [-0.1, -0.05) is 11.6 Å². The van der Waals surface area contributed by atoms with Gasteiger partial charge in [-0.25, -0.2) is 15.0 Å². The average molecular weight is 477 g/mol. The fourth-order valence-corrected chi connectivity index (χ4v) is 4.60. The topological polar surface area (TPSA) is 101 Å². The van der Waals surface area contributed by atoms with E-state index in [1.54, 1.807) is 6.07 Å². The number of ether oxygens (including phenoxy) is 1. The summed E-state index contributed by atoms with van der Waals surface area (Å²) in [5.41, 5.74) is 0.732. The molecule has 8 nitrogen and oxygen atoms in total. The van der Waals surface area contributed by atoms with Crippen LogP contribution in [0.4, 0.5) is 16.0 Å². The van der Waals surface area contributed by atoms with E-state index in [2.05, 4.69) is 44.7 Å². The van der Waals surface area contributed by atoms with Crippen molar-refractivity contribution < 1.29 is 13.9 Å². The molecule has 33 heavy (non-hydrogen) atoms. The lowest BCUT2D eigenvalue weighted by molar-refractivity contribution is -0.120. The summed E-state index contributed by atoms with van der Waals surface area (Å²) in [7, 11) is 0. The number of hydrogen-bond donors (Lipinski definition) is 3. The van der Waals surface area contributed by atoms with Crippen molar-refractivity contribution in [2.45, 2.75) is 45.1 Å². The van der Waals surface area contributed by atoms with Gasteiger partial charge in [-0.3, -0.25) is 4.79 Å². The molecule has 1 amide bonds. The molecular weight excluding hydrogens is 447 g/mol. The summed E-state index contributed by atoms with van der Waals surface area (Å²) in [6.45, 7) is 6.96. The van der Waals surface area contributed by atoms with Gasteiger partial charge < -0.3 is 20.7 Å². The third-order valence-corrected chi connectivity index (χ3v) is 6.44. The lowest BCUT2D eigenvalue weighted by Gasteiger charge is -2.35. The third kappa shape index (κ3) is 6.16. The molecule has 4 heterocycles. The van der Waals surface area contributed by atoms with Crippen LogP contribution in [0.2, 0.25) is 5.02 Å². The van der Waals surface area contributed by atoms with E-state index in [1.807, 2.05) is 0 Å². The van der Waals surface area contributed by atoms with Gasteiger partial charge in [0.25, 0.3) is 5.95 Å². The smallest absolute Gasteiger partial charge is 0.255 e. The predicted molar refractivity (Wildman–Crippen MR) is 126 cm³/mol. The lowest BCUT2D eigenvalue weighted by Crippen LogP contribution is -2.37. The number of piperidine rings is 1. The first-order valence-corrected chi connectivity index (χ1v) is 11.8. The van der Waals surface area contributed by atoms with E-state index in [4.69, 9.17) is 16.3 Å². The number of rotatable bonds is 6. The van der Waals surface area contributed by atoms with Crippen LogP contribution < -0.4 is 16.0 Å². The Labute approximate surface area is 198 Å². The van der Waals surface area contributed by atoms with Gasteiger partial charge in [0.1, 0.15) is 5.82 Å². The molecule has 0 spiro atoms. The molecule has 0 aliphatic carbocycles. The Bertz CT molecular complexity index is 999. The molecule has 0 saturated carbocycles. The van der Waals surface area contributed by atoms with Gasteiger partial charge in [-0.15, -0.1) is 0 Å². The van der Waals surface area contributed by atoms with Crippen LogP contribution in [0.3, 0.4) is 0 Å². The highest BCUT2D eigenvalue weighted by atomic mass is 35.5. The minimum atomic E-state index is -0.673. The van der Waals surface area contributed by atoms with Gasteiger partial charge in [-0.2, -0.15) is 4.39 Å². The van der Waals surface area contributed by atoms with Crippen molar-refractivity contribution in [3.05, 3.63) is 29.4 Å². The quantitative estimate of drug-likeness (QED) is 0.581. The molecular formula is C23H30ClFN6O2. The molecule has 4 rings (SSSR count). The number of carbonyl (C=O) groups is 1. The number of amides is 1. The Kier molecular flexibility index (Phi) is 7.41. The van der Waals surface area contributed by atoms with Crippen LogP contribution in [0.5, 0.6) is 0 Å². The highest BCUT2D eigenvalue weighted by Gasteiger charge is 2.29. The highest BCUT2D eigenvalue weighted by Crippen LogP contribution is 2.31. The number of nitrogens with one attached hydrogen (secondary N) is 3. The van der Waals surface area contributed by atoms with Crippen LogP contribution in [-0.2, 0) is 9.53 Å². The molecule has 0 radical (unpaired) electrons. The Balaban J connectivity index is 1.48. The van der Waals surface area contributed by atoms with Gasteiger partial charge in [0.05, 0.1) is 28.4 Å². The van der Waals surface area contributed by atoms with Gasteiger partial charge in [0.2, 0.25) is 5.91 Å². The zero-order valence-corrected chi connectivity index (χ0v) is 19.7. The SMILES string of the molecule is CC1(C)CC(CNc2nc(-c3cc(NC(=O)C4CCCNC4)ncc3Cl)cnc2F)CCO1. The van der Waals surface area contributed by atoms with E-state index >= 15 is 0 Å². The lowest BCUT2D eigenvalue weighted by atomic mass is 9.88. The molecule has 2 fully saturated rings. The van der Waals surface area contributed by atoms with Crippen LogP contribution >= 0.6 is 11.6 Å². The first-order valence-electron chi connectivity index (χ1n) is 11.4. The molecule has 2 atom stereocenters. The van der Waals surface area contributed by atoms with Crippen molar-refractivity contribution in [3.63, 3.8) is 0 Å². The number of aromatic nitrogens is 3. The van der Waals surface area contributed by atoms with E-state index in [0.29, 0.717) is 47.7 Å². The largest absolute Gasteiger partial charge is 0.376 e. The summed E-state index contributed by atoms with van der Waals surface area (Å²) in [6, 6.07) is 1.64. The minimum Gasteiger partial charge on any atom is -0.376 e. The van der Waals surface area contributed by atoms with Crippen LogP contribution in [0, 0.1) is 17.8 Å². The molecule has 2 aliphatic heterocycles. The monoisotopic (exact) mass is 476 g/mol. The number of halogens is 2. The molecule has 3 N–H and O–H groups in total. The van der Waals surface area contributed by atoms with Crippen molar-refractivity contribution in [3.8, 4) is 11.3 Å². The maximum Gasteiger partial charge on any atom is 0.255 e. The second-order valence-electron chi connectivity index (χ2n) is 9.32. The maximum atomic E-state index is 14.4. The average Bonchev–Trinajstić information content (AvgIpc) is 2.80. The van der Waals surface area contributed by atoms with E-state index in [-0.39, 0.29) is 23.2 Å². The number of pyridine rings is 1. The van der Waals surface area contributed by atoms with Gasteiger partial charge in [0, 0.05) is 31.5 Å². The number of hydrogen-bond acceptors (Lipinski definition) is 7. The highest BCUT2D eigenvalue weighted by molar-refractivity contribution is 6.33. The summed E-state index contributed by atoms with van der Waals surface area (Å²) in [4.78, 5) is 25.1. The van der Waals surface area contributed by atoms with Crippen molar-refractivity contribution >= 4 is 29.1 Å². The second-order valence-corrected chi connectivity index (χ2v) is 9.73. The van der Waals surface area contributed by atoms with E-state index in [9.17, 15) is 9.18 Å². The van der Waals surface area contributed by atoms with Crippen LogP contribution in [-0.4, -0.2) is 52.7 Å². The zero-order chi connectivity index (χ0) is 23.4. The van der Waals surface area contributed by atoms with Crippen LogP contribution in [0.1, 0.15) is 39.5 Å². The Morgan fingerprint density at radius 2 is 2.18 bits per heavy atom. The summed E-state index contributed by atoms with van der Waals surface area (Å²) in [6.07, 6.45) is 6.36. The molecule has 2 saturated heterocycles. The first-order chi connectivity index (χ1) is 15.8. The van der Waals surface area contributed by atoms with E-state index in [0.717, 1.165) is 32.2 Å². The third-order valence-electron chi connectivity index (χ3n) is 6.14. The van der Waals surface area contributed by atoms with E-state index < -0.39 is 5.95 Å². The summed E-state index contributed by atoms with van der Waals surface area (Å²) >= 11 is 6.36. The number of anilines is 2. The maximum absolute atomic E-state index is 14.4. The van der Waals surface area contributed by atoms with Gasteiger partial charge in [0.15, 0.2) is 5.82 Å². The normalized spacial score (nSPS) is 22.5. The number of nitrogens with zero attached hydrogens (tertiary/aromatic N) is 3. The minimum absolute atomic E-state index is 0.0727. The Morgan fingerprint density at radius 3 is 2.94 bits per heavy atom. The summed E-state index contributed by atoms with van der Waals surface area (Å²) < 4.78 is 20.1. The first kappa shape index (κ1) is 23.8. The zero-order valence-electron chi connectivity index (χ0n) is 19.0. The molecule has 2 aromatic heterocycles. The standard InChI is InChI=1S/C23H30ClFN6O2/c1-23(2)9-14(5-7-33-23)10-29-21-20(25)28-13-18(30-21)16-8-19(27-12-17(16)24)31-22(32)15-4-3-6-26-11-15/h8,12-15,26H,3-7,9-11H2,1-2H3,(H,29,30)(H,27,31,32). The predicted octanol–water partition coefficient (Wildman–Crippen LogP) is 3.89. The fourth-order valence-electron chi connectivity index (χ4n) is 4.40. The Hall–Kier alpha value is -2.36. The van der Waals surface area contributed by atoms with Crippen molar-refractivity contribution in [2.24, 2.45) is 11.8 Å². The number of carbonyl (C=O) groups excluding carboxylic acids is 1.